The zero-order chi connectivity index (χ0) is 18.8. The van der Waals surface area contributed by atoms with Gasteiger partial charge in [0, 0.05) is 5.56 Å². The van der Waals surface area contributed by atoms with E-state index in [2.05, 4.69) is 12.2 Å². The summed E-state index contributed by atoms with van der Waals surface area (Å²) >= 11 is 1.28. The number of rotatable bonds is 10. The Kier molecular flexibility index (Phi) is 7.82. The number of esters is 1. The molecule has 1 aromatic carbocycles. The topological polar surface area (TPSA) is 81.7 Å². The van der Waals surface area contributed by atoms with E-state index in [1.807, 2.05) is 0 Å². The van der Waals surface area contributed by atoms with E-state index >= 15 is 0 Å². The van der Waals surface area contributed by atoms with Crippen LogP contribution >= 0.6 is 11.3 Å². The highest BCUT2D eigenvalue weighted by Crippen LogP contribution is 2.13. The van der Waals surface area contributed by atoms with Crippen molar-refractivity contribution >= 4 is 29.0 Å². The highest BCUT2D eigenvalue weighted by Gasteiger charge is 2.12. The molecule has 7 heteroatoms. The number of carbonyl (C=O) groups is 3. The van der Waals surface area contributed by atoms with Crippen LogP contribution in [0.1, 0.15) is 39.8 Å². The van der Waals surface area contributed by atoms with E-state index in [9.17, 15) is 14.4 Å². The minimum absolute atomic E-state index is 0.265. The van der Waals surface area contributed by atoms with Gasteiger partial charge in [-0.1, -0.05) is 19.4 Å². The lowest BCUT2D eigenvalue weighted by Crippen LogP contribution is -2.31. The summed E-state index contributed by atoms with van der Waals surface area (Å²) in [6, 6.07) is 10.1. The van der Waals surface area contributed by atoms with Crippen molar-refractivity contribution in [3.8, 4) is 5.75 Å². The molecule has 6 nitrogen and oxygen atoms in total. The molecule has 138 valence electrons. The molecule has 0 unspecified atom stereocenters. The fourth-order valence-corrected chi connectivity index (χ4v) is 2.65. The lowest BCUT2D eigenvalue weighted by molar-refractivity contribution is -0.141. The molecule has 0 radical (unpaired) electrons. The maximum Gasteiger partial charge on any atom is 0.325 e. The molecular formula is C19H21NO5S. The number of amides is 1. The molecular weight excluding hydrogens is 354 g/mol. The Bertz CT molecular complexity index is 725. The summed E-state index contributed by atoms with van der Waals surface area (Å²) in [5.41, 5.74) is 0.412. The van der Waals surface area contributed by atoms with Crippen molar-refractivity contribution in [2.75, 3.05) is 19.8 Å². The van der Waals surface area contributed by atoms with Crippen LogP contribution in [0.25, 0.3) is 0 Å². The normalized spacial score (nSPS) is 10.2. The molecule has 0 aliphatic heterocycles. The first-order chi connectivity index (χ1) is 12.6. The minimum Gasteiger partial charge on any atom is -0.494 e. The second-order valence-corrected chi connectivity index (χ2v) is 6.42. The van der Waals surface area contributed by atoms with Crippen molar-refractivity contribution in [3.63, 3.8) is 0 Å². The van der Waals surface area contributed by atoms with E-state index in [1.54, 1.807) is 41.8 Å². The fourth-order valence-electron chi connectivity index (χ4n) is 2.00. The smallest absolute Gasteiger partial charge is 0.325 e. The van der Waals surface area contributed by atoms with Crippen LogP contribution in [0.15, 0.2) is 41.8 Å². The Labute approximate surface area is 156 Å². The molecule has 0 saturated heterocycles. The fraction of sp³-hybridized carbons (Fsp3) is 0.316. The lowest BCUT2D eigenvalue weighted by atomic mass is 10.2. The van der Waals surface area contributed by atoms with Crippen molar-refractivity contribution < 1.29 is 23.9 Å². The summed E-state index contributed by atoms with van der Waals surface area (Å²) in [5.74, 6) is -0.630. The molecule has 0 aliphatic carbocycles. The van der Waals surface area contributed by atoms with E-state index in [1.165, 1.54) is 11.3 Å². The summed E-state index contributed by atoms with van der Waals surface area (Å²) in [6.07, 6.45) is 2.02. The Morgan fingerprint density at radius 1 is 1.12 bits per heavy atom. The molecule has 0 spiro atoms. The van der Waals surface area contributed by atoms with E-state index in [-0.39, 0.29) is 18.9 Å². The molecule has 1 amide bonds. The van der Waals surface area contributed by atoms with Gasteiger partial charge in [-0.2, -0.15) is 0 Å². The van der Waals surface area contributed by atoms with E-state index in [0.717, 1.165) is 12.8 Å². The monoisotopic (exact) mass is 375 g/mol. The average Bonchev–Trinajstić information content (AvgIpc) is 3.20. The maximum atomic E-state index is 12.0. The Balaban J connectivity index is 1.71. The number of ether oxygens (including phenoxy) is 2. The van der Waals surface area contributed by atoms with Gasteiger partial charge in [0.15, 0.2) is 6.61 Å². The predicted molar refractivity (Wildman–Crippen MR) is 98.8 cm³/mol. The number of carbonyl (C=O) groups excluding carboxylic acids is 3. The SMILES string of the molecule is CCCCOc1ccc(C(=O)NCC(=O)OCC(=O)c2cccs2)cc1. The number of benzene rings is 1. The molecule has 26 heavy (non-hydrogen) atoms. The number of hydrogen-bond donors (Lipinski definition) is 1. The number of nitrogens with one attached hydrogen (secondary N) is 1. The van der Waals surface area contributed by atoms with Gasteiger partial charge in [-0.25, -0.2) is 0 Å². The molecule has 2 rings (SSSR count). The van der Waals surface area contributed by atoms with Crippen molar-refractivity contribution in [1.29, 1.82) is 0 Å². The van der Waals surface area contributed by atoms with Crippen LogP contribution in [0.3, 0.4) is 0 Å². The second-order valence-electron chi connectivity index (χ2n) is 5.47. The van der Waals surface area contributed by atoms with Gasteiger partial charge < -0.3 is 14.8 Å². The summed E-state index contributed by atoms with van der Waals surface area (Å²) in [7, 11) is 0. The third-order valence-corrected chi connectivity index (χ3v) is 4.35. The molecule has 1 aromatic heterocycles. The second kappa shape index (κ2) is 10.4. The van der Waals surface area contributed by atoms with Gasteiger partial charge in [0.05, 0.1) is 11.5 Å². The molecule has 0 bridgehead atoms. The molecule has 0 aliphatic rings. The van der Waals surface area contributed by atoms with Crippen LogP contribution in [0, 0.1) is 0 Å². The number of unbranched alkanes of at least 4 members (excludes halogenated alkanes) is 1. The Morgan fingerprint density at radius 3 is 2.54 bits per heavy atom. The Hall–Kier alpha value is -2.67. The molecule has 1 heterocycles. The van der Waals surface area contributed by atoms with Crippen LogP contribution in [0.4, 0.5) is 0 Å². The van der Waals surface area contributed by atoms with E-state index in [4.69, 9.17) is 9.47 Å². The first-order valence-electron chi connectivity index (χ1n) is 8.33. The zero-order valence-corrected chi connectivity index (χ0v) is 15.3. The van der Waals surface area contributed by atoms with Gasteiger partial charge in [-0.3, -0.25) is 14.4 Å². The summed E-state index contributed by atoms with van der Waals surface area (Å²) in [5, 5.41) is 4.24. The summed E-state index contributed by atoms with van der Waals surface area (Å²) < 4.78 is 10.4. The summed E-state index contributed by atoms with van der Waals surface area (Å²) in [4.78, 5) is 35.9. The van der Waals surface area contributed by atoms with Crippen LogP contribution in [0.5, 0.6) is 5.75 Å². The molecule has 2 aromatic rings. The highest BCUT2D eigenvalue weighted by molar-refractivity contribution is 7.12. The van der Waals surface area contributed by atoms with Crippen molar-refractivity contribution in [2.45, 2.75) is 19.8 Å². The predicted octanol–water partition coefficient (Wildman–Crippen LogP) is 3.08. The molecule has 1 N–H and O–H groups in total. The van der Waals surface area contributed by atoms with E-state index < -0.39 is 11.9 Å². The molecule has 0 fully saturated rings. The number of ketones is 1. The molecule has 0 saturated carbocycles. The van der Waals surface area contributed by atoms with Gasteiger partial charge in [0.2, 0.25) is 5.78 Å². The van der Waals surface area contributed by atoms with Gasteiger partial charge in [0.1, 0.15) is 12.3 Å². The highest BCUT2D eigenvalue weighted by atomic mass is 32.1. The number of Topliss-reactive ketones (excluding diaryl/α,β-unsaturated/α-hetero) is 1. The van der Waals surface area contributed by atoms with Crippen LogP contribution in [0.2, 0.25) is 0 Å². The quantitative estimate of drug-likeness (QED) is 0.392. The zero-order valence-electron chi connectivity index (χ0n) is 14.5. The van der Waals surface area contributed by atoms with Gasteiger partial charge >= 0.3 is 5.97 Å². The van der Waals surface area contributed by atoms with Crippen molar-refractivity contribution in [2.24, 2.45) is 0 Å². The van der Waals surface area contributed by atoms with Gasteiger partial charge in [-0.15, -0.1) is 11.3 Å². The van der Waals surface area contributed by atoms with Gasteiger partial charge in [-0.05, 0) is 42.1 Å². The van der Waals surface area contributed by atoms with E-state index in [0.29, 0.717) is 22.8 Å². The van der Waals surface area contributed by atoms with Crippen LogP contribution < -0.4 is 10.1 Å². The number of hydrogen-bond acceptors (Lipinski definition) is 6. The summed E-state index contributed by atoms with van der Waals surface area (Å²) in [6.45, 7) is 2.09. The van der Waals surface area contributed by atoms with Crippen molar-refractivity contribution in [3.05, 3.63) is 52.2 Å². The third-order valence-electron chi connectivity index (χ3n) is 3.44. The first-order valence-corrected chi connectivity index (χ1v) is 9.21. The third kappa shape index (κ3) is 6.33. The van der Waals surface area contributed by atoms with Crippen LogP contribution in [-0.4, -0.2) is 37.4 Å². The van der Waals surface area contributed by atoms with Gasteiger partial charge in [0.25, 0.3) is 5.91 Å². The lowest BCUT2D eigenvalue weighted by Gasteiger charge is -2.08. The standard InChI is InChI=1S/C19H21NO5S/c1-2-3-10-24-15-8-6-14(7-9-15)19(23)20-12-18(22)25-13-16(21)17-5-4-11-26-17/h4-9,11H,2-3,10,12-13H2,1H3,(H,20,23). The average molecular weight is 375 g/mol. The minimum atomic E-state index is -0.664. The largest absolute Gasteiger partial charge is 0.494 e. The first kappa shape index (κ1) is 19.7. The van der Waals surface area contributed by atoms with Crippen molar-refractivity contribution in [1.82, 2.24) is 5.32 Å². The Morgan fingerprint density at radius 2 is 1.88 bits per heavy atom. The maximum absolute atomic E-state index is 12.0. The number of thiophene rings is 1. The molecule has 0 atom stereocenters. The van der Waals surface area contributed by atoms with Crippen LogP contribution in [-0.2, 0) is 9.53 Å².